The van der Waals surface area contributed by atoms with Crippen LogP contribution in [0.4, 0.5) is 16.3 Å². The number of ether oxygens (including phenoxy) is 1. The van der Waals surface area contributed by atoms with E-state index in [2.05, 4.69) is 15.2 Å². The van der Waals surface area contributed by atoms with Crippen LogP contribution in [-0.2, 0) is 13.0 Å². The van der Waals surface area contributed by atoms with Gasteiger partial charge in [0.2, 0.25) is 0 Å². The van der Waals surface area contributed by atoms with Crippen molar-refractivity contribution in [1.82, 2.24) is 14.9 Å². The van der Waals surface area contributed by atoms with Gasteiger partial charge >= 0.3 is 6.03 Å². The summed E-state index contributed by atoms with van der Waals surface area (Å²) in [5.41, 5.74) is 2.94. The maximum atomic E-state index is 12.8. The minimum absolute atomic E-state index is 0.0947. The van der Waals surface area contributed by atoms with Gasteiger partial charge in [0.25, 0.3) is 0 Å². The van der Waals surface area contributed by atoms with E-state index < -0.39 is 0 Å². The van der Waals surface area contributed by atoms with Crippen LogP contribution < -0.4 is 15.0 Å². The second kappa shape index (κ2) is 8.04. The lowest BCUT2D eigenvalue weighted by molar-refractivity contribution is 0.206. The van der Waals surface area contributed by atoms with Gasteiger partial charge < -0.3 is 19.9 Å². The summed E-state index contributed by atoms with van der Waals surface area (Å²) >= 11 is 0. The van der Waals surface area contributed by atoms with E-state index in [1.807, 2.05) is 43.0 Å². The third-order valence-corrected chi connectivity index (χ3v) is 5.26. The van der Waals surface area contributed by atoms with Crippen LogP contribution in [-0.4, -0.2) is 47.1 Å². The lowest BCUT2D eigenvalue weighted by atomic mass is 10.1. The molecule has 1 aromatic heterocycles. The zero-order valence-corrected chi connectivity index (χ0v) is 16.6. The maximum Gasteiger partial charge on any atom is 0.322 e. The second-order valence-electron chi connectivity index (χ2n) is 7.27. The van der Waals surface area contributed by atoms with E-state index in [1.165, 1.54) is 12.8 Å². The van der Waals surface area contributed by atoms with Crippen LogP contribution in [0.2, 0.25) is 0 Å². The molecule has 2 aliphatic heterocycles. The first kappa shape index (κ1) is 18.5. The number of hydrogen-bond acceptors (Lipinski definition) is 5. The molecule has 0 unspecified atom stereocenters. The molecule has 0 saturated carbocycles. The van der Waals surface area contributed by atoms with Crippen molar-refractivity contribution in [3.05, 3.63) is 41.3 Å². The first-order chi connectivity index (χ1) is 13.6. The Balaban J connectivity index is 1.49. The van der Waals surface area contributed by atoms with Crippen molar-refractivity contribution >= 4 is 17.5 Å². The molecule has 4 rings (SSSR count). The van der Waals surface area contributed by atoms with Gasteiger partial charge in [-0.1, -0.05) is 0 Å². The molecule has 3 heterocycles. The summed E-state index contributed by atoms with van der Waals surface area (Å²) in [6, 6.07) is 7.37. The number of aromatic nitrogens is 2. The molecule has 2 aromatic rings. The van der Waals surface area contributed by atoms with Gasteiger partial charge in [-0.3, -0.25) is 0 Å². The predicted molar refractivity (Wildman–Crippen MR) is 109 cm³/mol. The molecule has 0 atom stereocenters. The van der Waals surface area contributed by atoms with Crippen molar-refractivity contribution in [1.29, 1.82) is 0 Å². The van der Waals surface area contributed by atoms with E-state index in [-0.39, 0.29) is 6.03 Å². The van der Waals surface area contributed by atoms with Crippen LogP contribution >= 0.6 is 0 Å². The first-order valence-electron chi connectivity index (χ1n) is 10.0. The molecule has 1 fully saturated rings. The monoisotopic (exact) mass is 381 g/mol. The number of rotatable bonds is 4. The number of aryl methyl sites for hydroxylation is 1. The van der Waals surface area contributed by atoms with Crippen LogP contribution in [0.15, 0.2) is 24.3 Å². The van der Waals surface area contributed by atoms with Gasteiger partial charge in [-0.05, 0) is 51.0 Å². The van der Waals surface area contributed by atoms with Crippen molar-refractivity contribution in [2.45, 2.75) is 39.7 Å². The lowest BCUT2D eigenvalue weighted by Crippen LogP contribution is -2.40. The van der Waals surface area contributed by atoms with Gasteiger partial charge in [0.1, 0.15) is 17.4 Å². The van der Waals surface area contributed by atoms with E-state index in [1.54, 1.807) is 0 Å². The third-order valence-electron chi connectivity index (χ3n) is 5.26. The summed E-state index contributed by atoms with van der Waals surface area (Å²) < 4.78 is 5.45. The number of amides is 2. The second-order valence-corrected chi connectivity index (χ2v) is 7.27. The van der Waals surface area contributed by atoms with Gasteiger partial charge in [0.05, 0.1) is 18.8 Å². The van der Waals surface area contributed by atoms with E-state index in [0.717, 1.165) is 53.8 Å². The van der Waals surface area contributed by atoms with E-state index in [4.69, 9.17) is 9.72 Å². The van der Waals surface area contributed by atoms with Gasteiger partial charge in [0, 0.05) is 37.3 Å². The molecule has 0 bridgehead atoms. The summed E-state index contributed by atoms with van der Waals surface area (Å²) in [5, 5.41) is 2.99. The molecular weight excluding hydrogens is 354 g/mol. The summed E-state index contributed by atoms with van der Waals surface area (Å²) in [7, 11) is 0. The molecule has 28 heavy (non-hydrogen) atoms. The average molecular weight is 381 g/mol. The minimum atomic E-state index is -0.0947. The van der Waals surface area contributed by atoms with E-state index in [9.17, 15) is 4.79 Å². The fourth-order valence-electron chi connectivity index (χ4n) is 3.88. The van der Waals surface area contributed by atoms with Gasteiger partial charge in [-0.15, -0.1) is 0 Å². The maximum absolute atomic E-state index is 12.8. The largest absolute Gasteiger partial charge is 0.494 e. The zero-order chi connectivity index (χ0) is 19.5. The number of carbonyl (C=O) groups excluding carboxylic acids is 1. The van der Waals surface area contributed by atoms with Gasteiger partial charge in [-0.25, -0.2) is 14.8 Å². The molecule has 7 heteroatoms. The number of urea groups is 1. The van der Waals surface area contributed by atoms with Crippen LogP contribution in [0, 0.1) is 6.92 Å². The molecule has 7 nitrogen and oxygen atoms in total. The van der Waals surface area contributed by atoms with Crippen LogP contribution in [0.5, 0.6) is 5.75 Å². The Labute approximate surface area is 165 Å². The first-order valence-corrected chi connectivity index (χ1v) is 10.0. The Bertz CT molecular complexity index is 847. The molecule has 0 radical (unpaired) electrons. The standard InChI is InChI=1S/C21H27N5O2/c1-3-28-17-8-6-16(7-9-17)24-21(27)26-13-10-19-18(14-26)20(23-15(2)22-19)25-11-4-5-12-25/h6-9H,3-5,10-14H2,1-2H3,(H,24,27). The van der Waals surface area contributed by atoms with Crippen molar-refractivity contribution in [2.75, 3.05) is 36.5 Å². The fraction of sp³-hybridized carbons (Fsp3) is 0.476. The number of anilines is 2. The molecule has 0 spiro atoms. The minimum Gasteiger partial charge on any atom is -0.494 e. The highest BCUT2D eigenvalue weighted by atomic mass is 16.5. The SMILES string of the molecule is CCOc1ccc(NC(=O)N2CCc3nc(C)nc(N4CCCC4)c3C2)cc1. The highest BCUT2D eigenvalue weighted by molar-refractivity contribution is 5.89. The van der Waals surface area contributed by atoms with E-state index >= 15 is 0 Å². The highest BCUT2D eigenvalue weighted by Crippen LogP contribution is 2.29. The van der Waals surface area contributed by atoms with Crippen LogP contribution in [0.3, 0.4) is 0 Å². The zero-order valence-electron chi connectivity index (χ0n) is 16.6. The number of fused-ring (bicyclic) bond motifs is 1. The molecule has 2 amide bonds. The van der Waals surface area contributed by atoms with Crippen molar-refractivity contribution in [2.24, 2.45) is 0 Å². The number of nitrogens with zero attached hydrogens (tertiary/aromatic N) is 4. The third kappa shape index (κ3) is 3.88. The van der Waals surface area contributed by atoms with E-state index in [0.29, 0.717) is 19.7 Å². The Hall–Kier alpha value is -2.83. The summed E-state index contributed by atoms with van der Waals surface area (Å²) in [6.07, 6.45) is 3.15. The fourth-order valence-corrected chi connectivity index (χ4v) is 3.88. The summed E-state index contributed by atoms with van der Waals surface area (Å²) in [5.74, 6) is 2.63. The highest BCUT2D eigenvalue weighted by Gasteiger charge is 2.28. The molecule has 1 aromatic carbocycles. The molecular formula is C21H27N5O2. The predicted octanol–water partition coefficient (Wildman–Crippen LogP) is 3.37. The Kier molecular flexibility index (Phi) is 5.32. The Morgan fingerprint density at radius 3 is 2.61 bits per heavy atom. The Morgan fingerprint density at radius 1 is 1.14 bits per heavy atom. The molecule has 0 aliphatic carbocycles. The normalized spacial score (nSPS) is 16.1. The van der Waals surface area contributed by atoms with Crippen LogP contribution in [0.25, 0.3) is 0 Å². The number of benzene rings is 1. The quantitative estimate of drug-likeness (QED) is 0.879. The molecule has 1 saturated heterocycles. The average Bonchev–Trinajstić information content (AvgIpc) is 3.23. The Morgan fingerprint density at radius 2 is 1.89 bits per heavy atom. The number of hydrogen-bond donors (Lipinski definition) is 1. The lowest BCUT2D eigenvalue weighted by Gasteiger charge is -2.31. The summed E-state index contributed by atoms with van der Waals surface area (Å²) in [4.78, 5) is 26.4. The number of carbonyl (C=O) groups is 1. The molecule has 1 N–H and O–H groups in total. The van der Waals surface area contributed by atoms with Crippen molar-refractivity contribution < 1.29 is 9.53 Å². The van der Waals surface area contributed by atoms with Crippen molar-refractivity contribution in [3.8, 4) is 5.75 Å². The van der Waals surface area contributed by atoms with Crippen molar-refractivity contribution in [3.63, 3.8) is 0 Å². The van der Waals surface area contributed by atoms with Crippen LogP contribution in [0.1, 0.15) is 36.8 Å². The molecule has 2 aliphatic rings. The summed E-state index contributed by atoms with van der Waals surface area (Å²) in [6.45, 7) is 7.79. The molecule has 148 valence electrons. The number of nitrogens with one attached hydrogen (secondary N) is 1. The topological polar surface area (TPSA) is 70.6 Å². The smallest absolute Gasteiger partial charge is 0.322 e. The van der Waals surface area contributed by atoms with Gasteiger partial charge in [0.15, 0.2) is 0 Å². The van der Waals surface area contributed by atoms with Gasteiger partial charge in [-0.2, -0.15) is 0 Å².